The molecule has 0 spiro atoms. The molecule has 8 atom stereocenters. The first-order chi connectivity index (χ1) is 48.0. The van der Waals surface area contributed by atoms with Gasteiger partial charge in [0, 0.05) is 61.0 Å². The summed E-state index contributed by atoms with van der Waals surface area (Å²) in [7, 11) is 1.32. The Morgan fingerprint density at radius 2 is 0.752 bits per heavy atom. The van der Waals surface area contributed by atoms with E-state index in [9.17, 15) is 33.9 Å². The molecule has 0 aromatic carbocycles. The zero-order valence-electron chi connectivity index (χ0n) is 63.7. The summed E-state index contributed by atoms with van der Waals surface area (Å²) in [5.41, 5.74) is 13.7. The zero-order valence-corrected chi connectivity index (χ0v) is 65.7. The third-order valence-electron chi connectivity index (χ3n) is 17.3. The van der Waals surface area contributed by atoms with Crippen molar-refractivity contribution < 1.29 is 83.1 Å². The van der Waals surface area contributed by atoms with Crippen molar-refractivity contribution in [3.63, 3.8) is 0 Å². The van der Waals surface area contributed by atoms with Crippen LogP contribution in [-0.4, -0.2) is 115 Å². The van der Waals surface area contributed by atoms with Gasteiger partial charge in [-0.25, -0.2) is 9.59 Å². The van der Waals surface area contributed by atoms with Crippen LogP contribution >= 0.6 is 0 Å². The summed E-state index contributed by atoms with van der Waals surface area (Å²) < 4.78 is 17.4. The molecule has 18 heteroatoms. The van der Waals surface area contributed by atoms with Gasteiger partial charge >= 0.3 is 41.5 Å². The molecule has 0 bridgehead atoms. The van der Waals surface area contributed by atoms with Gasteiger partial charge in [0.1, 0.15) is 12.1 Å². The van der Waals surface area contributed by atoms with Crippen LogP contribution < -0.4 is 62.3 Å². The van der Waals surface area contributed by atoms with Gasteiger partial charge < -0.3 is 57.5 Å². The number of hydrogen-bond acceptors (Lipinski definition) is 12. The Bertz CT molecular complexity index is 2680. The summed E-state index contributed by atoms with van der Waals surface area (Å²) in [6, 6.07) is -2.23. The molecule has 10 N–H and O–H groups in total. The molecule has 2 aliphatic rings. The van der Waals surface area contributed by atoms with Crippen molar-refractivity contribution in [2.75, 3.05) is 20.2 Å². The van der Waals surface area contributed by atoms with Crippen molar-refractivity contribution >= 4 is 35.6 Å². The maximum atomic E-state index is 13.2. The van der Waals surface area contributed by atoms with E-state index in [0.717, 1.165) is 103 Å². The molecule has 0 radical (unpaired) electrons. The van der Waals surface area contributed by atoms with E-state index in [1.54, 1.807) is 0 Å². The summed E-state index contributed by atoms with van der Waals surface area (Å²) in [6.07, 6.45) is 76.5. The fourth-order valence-corrected chi connectivity index (χ4v) is 10.7. The first-order valence-corrected chi connectivity index (χ1v) is 37.5. The number of methoxy groups -OCH3 is 1. The third kappa shape index (κ3) is 50.1. The van der Waals surface area contributed by atoms with E-state index < -0.39 is 29.9 Å². The Morgan fingerprint density at radius 3 is 1.04 bits per heavy atom. The second-order valence-corrected chi connectivity index (χ2v) is 25.4. The Hall–Kier alpha value is -6.02. The van der Waals surface area contributed by atoms with E-state index in [1.807, 2.05) is 38.2 Å². The number of hydrogen-bond donors (Lipinski definition) is 7. The van der Waals surface area contributed by atoms with Crippen LogP contribution in [0.15, 0.2) is 169 Å². The number of amides is 4. The number of esters is 1. The second kappa shape index (κ2) is 66.0. The van der Waals surface area contributed by atoms with Crippen LogP contribution in [0.2, 0.25) is 0 Å². The minimum atomic E-state index is -1.08. The number of unbranched alkanes of at least 4 members (excludes halogenated alkanes) is 2. The van der Waals surface area contributed by atoms with Gasteiger partial charge in [-0.15, -0.1) is 0 Å². The van der Waals surface area contributed by atoms with Crippen LogP contribution in [0, 0.1) is 11.8 Å². The van der Waals surface area contributed by atoms with Crippen molar-refractivity contribution in [3.05, 3.63) is 169 Å². The molecule has 0 aromatic rings. The molecule has 0 unspecified atom stereocenters. The van der Waals surface area contributed by atoms with E-state index in [-0.39, 0.29) is 108 Å². The van der Waals surface area contributed by atoms with Gasteiger partial charge in [0.25, 0.3) is 0 Å². The number of carboxylic acid groups (broad SMARTS) is 1. The van der Waals surface area contributed by atoms with Crippen LogP contribution in [0.5, 0.6) is 0 Å². The molecule has 17 nitrogen and oxygen atoms in total. The zero-order chi connectivity index (χ0) is 72.9. The molecule has 2 rings (SSSR count). The Kier molecular flexibility index (Phi) is 63.4. The van der Waals surface area contributed by atoms with Crippen LogP contribution in [0.4, 0.5) is 0 Å². The molecule has 101 heavy (non-hydrogen) atoms. The number of nitrogens with one attached hydrogen (secondary N) is 4. The number of allylic oxidation sites excluding steroid dienone is 24. The largest absolute Gasteiger partial charge is 1.00 e. The van der Waals surface area contributed by atoms with Crippen molar-refractivity contribution in [1.82, 2.24) is 21.3 Å². The summed E-state index contributed by atoms with van der Waals surface area (Å²) in [5.74, 6) is -2.16. The van der Waals surface area contributed by atoms with Gasteiger partial charge in [-0.05, 0) is 179 Å². The number of aliphatic carboxylic acids is 1. The van der Waals surface area contributed by atoms with Crippen LogP contribution in [0.25, 0.3) is 0 Å². The van der Waals surface area contributed by atoms with E-state index in [0.29, 0.717) is 94.9 Å². The van der Waals surface area contributed by atoms with Gasteiger partial charge in [-0.3, -0.25) is 19.2 Å². The Morgan fingerprint density at radius 1 is 0.465 bits per heavy atom. The van der Waals surface area contributed by atoms with E-state index in [2.05, 4.69) is 196 Å². The number of carboxylic acids is 1. The fraction of sp³-hybridized carbons (Fsp3) is 0.590. The summed E-state index contributed by atoms with van der Waals surface area (Å²) >= 11 is 0. The minimum Gasteiger partial charge on any atom is -0.870 e. The predicted octanol–water partition coefficient (Wildman–Crippen LogP) is 13.3. The van der Waals surface area contributed by atoms with Gasteiger partial charge in [-0.1, -0.05) is 201 Å². The molecular weight excluding hydrogens is 1280 g/mol. The van der Waals surface area contributed by atoms with Crippen molar-refractivity contribution in [3.8, 4) is 0 Å². The van der Waals surface area contributed by atoms with E-state index in [4.69, 9.17) is 25.7 Å². The number of carbonyl (C=O) groups is 6. The smallest absolute Gasteiger partial charge is 0.870 e. The van der Waals surface area contributed by atoms with Gasteiger partial charge in [0.2, 0.25) is 23.6 Å². The summed E-state index contributed by atoms with van der Waals surface area (Å²) in [5, 5.41) is 21.1. The molecule has 0 aromatic heterocycles. The molecule has 0 saturated heterocycles. The van der Waals surface area contributed by atoms with Crippen molar-refractivity contribution in [2.45, 2.75) is 284 Å². The molecule has 562 valence electrons. The fourth-order valence-electron chi connectivity index (χ4n) is 10.7. The average molecular weight is 1410 g/mol. The summed E-state index contributed by atoms with van der Waals surface area (Å²) in [6.45, 7) is 17.6. The number of carbonyl (C=O) groups excluding carboxylic acids is 5. The molecule has 0 fully saturated rings. The van der Waals surface area contributed by atoms with Crippen LogP contribution in [0.3, 0.4) is 0 Å². The second-order valence-electron chi connectivity index (χ2n) is 25.4. The SMILES string of the molecule is CC/C=C\C/C=C\C/C=C\C/C=C\C/C=C\C/C=C\CCC(=O)NCCCC[C@H](NC(=O)C1=C[C@@H](OC(CC)CC)[C@H](C)[C@@H](N)C1)C(=O)O.CC/C=C\C/C=C\C/C=C\C/C=C\C/C=C\C/C=C\CCC(=O)NCCCC[C@H](NC(=O)C1=C[C@@H](OC(CC)CC)[C@H](C)[C@@H](N)C1)C(=O)OC.[Na+].[OH-]. The molecule has 0 aliphatic heterocycles. The minimum absolute atomic E-state index is 0. The van der Waals surface area contributed by atoms with Crippen LogP contribution in [-0.2, 0) is 43.0 Å². The quantitative estimate of drug-likeness (QED) is 0.0129. The standard InChI is InChI=1S/C42H67N3O5.C41H65N3O5.Na.H2O/c1-6-9-10-11-12-13-14-15-16-17-18-19-20-21-22-23-24-25-26-30-40(46)44-31-28-27-29-38(42(48)49-5)45-41(47)35-32-37(43)34(4)39(33-35)50-36(7-2)8-3;1-5-8-9-10-11-12-13-14-15-16-17-18-19-20-21-22-23-24-25-29-39(45)43-30-27-26-28-37(41(47)48)44-40(46)34-31-36(42)33(4)38(32-34)49-35(6-2)7-3;;/h9-10,12-13,15-16,18-19,21-22,24-25,33-34,36-39H,6-8,11,14,17,20,23,26-32,43H2,1-5H3,(H,44,46)(H,45,47);8-9,11-12,14-15,17-18,20-21,23-24,32-33,35-38H,5-7,10,13,16,19,22,25-31,42H2,1-4H3,(H,43,45)(H,44,46)(H,47,48);;1H2/q;;+1;/p-1/b10-9-,13-12-,16-15-,19-18-,22-21-,25-24-;9-8-,12-11-,15-14-,18-17-,21-20-,24-23-;;/t34-,37+,38+,39-;33-,36+,37+,38-;;/m11../s1. The Labute approximate surface area is 632 Å². The summed E-state index contributed by atoms with van der Waals surface area (Å²) in [4.78, 5) is 74.9. The molecular formula is C83H133N6NaO11. The monoisotopic (exact) mass is 1410 g/mol. The normalized spacial score (nSPS) is 18.8. The first kappa shape index (κ1) is 97.0. The maximum absolute atomic E-state index is 13.2. The number of nitrogens with two attached hydrogens (primary N) is 2. The molecule has 0 heterocycles. The Balaban J connectivity index is 0. The van der Waals surface area contributed by atoms with Crippen molar-refractivity contribution in [2.24, 2.45) is 23.3 Å². The number of ether oxygens (including phenoxy) is 3. The molecule has 2 aliphatic carbocycles. The van der Waals surface area contributed by atoms with Crippen LogP contribution in [0.1, 0.15) is 235 Å². The maximum Gasteiger partial charge on any atom is 1.00 e. The predicted molar refractivity (Wildman–Crippen MR) is 412 cm³/mol. The van der Waals surface area contributed by atoms with E-state index in [1.165, 1.54) is 7.11 Å². The molecule has 0 saturated carbocycles. The first-order valence-electron chi connectivity index (χ1n) is 37.5. The van der Waals surface area contributed by atoms with Crippen molar-refractivity contribution in [1.29, 1.82) is 0 Å². The average Bonchev–Trinajstić information content (AvgIpc) is 0.833. The molecule has 4 amide bonds. The van der Waals surface area contributed by atoms with Gasteiger partial charge in [0.15, 0.2) is 0 Å². The van der Waals surface area contributed by atoms with E-state index >= 15 is 0 Å². The van der Waals surface area contributed by atoms with Gasteiger partial charge in [-0.2, -0.15) is 0 Å². The van der Waals surface area contributed by atoms with Gasteiger partial charge in [0.05, 0.1) is 31.5 Å². The topological polar surface area (TPSA) is 280 Å². The third-order valence-corrected chi connectivity index (χ3v) is 17.3. The number of rotatable bonds is 52.